The van der Waals surface area contributed by atoms with E-state index >= 15 is 0 Å². The van der Waals surface area contributed by atoms with Crippen molar-refractivity contribution in [3.05, 3.63) is 0 Å². The van der Waals surface area contributed by atoms with E-state index in [0.717, 1.165) is 11.9 Å². The molecule has 1 aliphatic carbocycles. The maximum Gasteiger partial charge on any atom is 0.0780 e. The fraction of sp³-hybridized carbons (Fsp3) is 1.00. The number of hydrogen-bond acceptors (Lipinski definition) is 2. The molecule has 0 aromatic heterocycles. The fourth-order valence-corrected chi connectivity index (χ4v) is 1.82. The van der Waals surface area contributed by atoms with Crippen molar-refractivity contribution in [1.82, 2.24) is 0 Å². The lowest BCUT2D eigenvalue weighted by molar-refractivity contribution is -0.00775. The molecule has 12 heavy (non-hydrogen) atoms. The summed E-state index contributed by atoms with van der Waals surface area (Å²) in [4.78, 5) is 0. The SMILES string of the molecule is COCC(C)OCC1(CBr)CC1. The third-order valence-corrected chi connectivity index (χ3v) is 3.51. The van der Waals surface area contributed by atoms with E-state index in [1.165, 1.54) is 12.8 Å². The van der Waals surface area contributed by atoms with E-state index in [1.807, 2.05) is 6.92 Å². The monoisotopic (exact) mass is 236 g/mol. The van der Waals surface area contributed by atoms with E-state index in [9.17, 15) is 0 Å². The minimum absolute atomic E-state index is 0.228. The molecule has 72 valence electrons. The molecule has 1 fully saturated rings. The zero-order valence-electron chi connectivity index (χ0n) is 7.81. The van der Waals surface area contributed by atoms with E-state index in [0.29, 0.717) is 12.0 Å². The van der Waals surface area contributed by atoms with Gasteiger partial charge in [-0.1, -0.05) is 15.9 Å². The van der Waals surface area contributed by atoms with Crippen molar-refractivity contribution in [2.45, 2.75) is 25.9 Å². The summed E-state index contributed by atoms with van der Waals surface area (Å²) >= 11 is 3.51. The second kappa shape index (κ2) is 4.58. The van der Waals surface area contributed by atoms with Crippen molar-refractivity contribution in [1.29, 1.82) is 0 Å². The summed E-state index contributed by atoms with van der Waals surface area (Å²) in [6.07, 6.45) is 2.84. The van der Waals surface area contributed by atoms with E-state index in [2.05, 4.69) is 15.9 Å². The van der Waals surface area contributed by atoms with Gasteiger partial charge < -0.3 is 9.47 Å². The molecule has 1 unspecified atom stereocenters. The molecule has 3 heteroatoms. The Morgan fingerprint density at radius 1 is 1.50 bits per heavy atom. The van der Waals surface area contributed by atoms with Crippen molar-refractivity contribution in [3.8, 4) is 0 Å². The number of ether oxygens (including phenoxy) is 2. The van der Waals surface area contributed by atoms with Crippen molar-refractivity contribution in [2.75, 3.05) is 25.7 Å². The standard InChI is InChI=1S/C9H17BrO2/c1-8(5-11-2)12-7-9(6-10)3-4-9/h8H,3-7H2,1-2H3. The summed E-state index contributed by atoms with van der Waals surface area (Å²) in [5, 5.41) is 1.07. The molecule has 0 aromatic rings. The van der Waals surface area contributed by atoms with Crippen LogP contribution in [-0.2, 0) is 9.47 Å². The van der Waals surface area contributed by atoms with Gasteiger partial charge in [0.25, 0.3) is 0 Å². The Kier molecular flexibility index (Phi) is 4.00. The van der Waals surface area contributed by atoms with Crippen molar-refractivity contribution in [3.63, 3.8) is 0 Å². The maximum atomic E-state index is 5.65. The number of alkyl halides is 1. The van der Waals surface area contributed by atoms with Gasteiger partial charge >= 0.3 is 0 Å². The van der Waals surface area contributed by atoms with Crippen LogP contribution >= 0.6 is 15.9 Å². The van der Waals surface area contributed by atoms with Crippen LogP contribution in [0.5, 0.6) is 0 Å². The molecule has 0 aromatic carbocycles. The Hall–Kier alpha value is 0.400. The topological polar surface area (TPSA) is 18.5 Å². The molecule has 0 amide bonds. The Labute approximate surface area is 82.7 Å². The van der Waals surface area contributed by atoms with Gasteiger partial charge in [-0.2, -0.15) is 0 Å². The second-order valence-corrected chi connectivity index (χ2v) is 4.27. The van der Waals surface area contributed by atoms with Gasteiger partial charge in [-0.05, 0) is 19.8 Å². The lowest BCUT2D eigenvalue weighted by Gasteiger charge is -2.16. The molecule has 2 nitrogen and oxygen atoms in total. The number of hydrogen-bond donors (Lipinski definition) is 0. The summed E-state index contributed by atoms with van der Waals surface area (Å²) in [6.45, 7) is 3.62. The fourth-order valence-electron chi connectivity index (χ4n) is 1.10. The minimum Gasteiger partial charge on any atom is -0.382 e. The molecule has 0 bridgehead atoms. The molecule has 0 heterocycles. The van der Waals surface area contributed by atoms with E-state index in [-0.39, 0.29) is 6.10 Å². The summed E-state index contributed by atoms with van der Waals surface area (Å²) in [7, 11) is 1.71. The molecule has 0 spiro atoms. The molecule has 1 aliphatic rings. The molecule has 1 rings (SSSR count). The quantitative estimate of drug-likeness (QED) is 0.659. The maximum absolute atomic E-state index is 5.65. The molecular weight excluding hydrogens is 220 g/mol. The average molecular weight is 237 g/mol. The smallest absolute Gasteiger partial charge is 0.0780 e. The zero-order valence-corrected chi connectivity index (χ0v) is 9.39. The summed E-state index contributed by atoms with van der Waals surface area (Å²) in [6, 6.07) is 0. The lowest BCUT2D eigenvalue weighted by Crippen LogP contribution is -2.21. The van der Waals surface area contributed by atoms with Crippen LogP contribution in [0.1, 0.15) is 19.8 Å². The number of methoxy groups -OCH3 is 1. The van der Waals surface area contributed by atoms with Crippen LogP contribution in [0.4, 0.5) is 0 Å². The Morgan fingerprint density at radius 2 is 2.17 bits per heavy atom. The van der Waals surface area contributed by atoms with Gasteiger partial charge in [0.15, 0.2) is 0 Å². The number of halogens is 1. The van der Waals surface area contributed by atoms with Crippen LogP contribution in [0.15, 0.2) is 0 Å². The second-order valence-electron chi connectivity index (χ2n) is 3.71. The van der Waals surface area contributed by atoms with Gasteiger partial charge in [0, 0.05) is 17.9 Å². The first-order chi connectivity index (χ1) is 5.72. The Bertz CT molecular complexity index is 134. The molecule has 1 atom stereocenters. The predicted octanol–water partition coefficient (Wildman–Crippen LogP) is 2.21. The van der Waals surface area contributed by atoms with Crippen molar-refractivity contribution >= 4 is 15.9 Å². The van der Waals surface area contributed by atoms with Gasteiger partial charge in [-0.3, -0.25) is 0 Å². The molecule has 0 aliphatic heterocycles. The van der Waals surface area contributed by atoms with Crippen LogP contribution < -0.4 is 0 Å². The van der Waals surface area contributed by atoms with Crippen LogP contribution in [0.2, 0.25) is 0 Å². The van der Waals surface area contributed by atoms with Crippen LogP contribution in [0.25, 0.3) is 0 Å². The molecule has 0 N–H and O–H groups in total. The Balaban J connectivity index is 2.08. The van der Waals surface area contributed by atoms with E-state index < -0.39 is 0 Å². The summed E-state index contributed by atoms with van der Waals surface area (Å²) in [5.74, 6) is 0. The molecule has 1 saturated carbocycles. The minimum atomic E-state index is 0.228. The van der Waals surface area contributed by atoms with Crippen LogP contribution in [0.3, 0.4) is 0 Å². The van der Waals surface area contributed by atoms with Gasteiger partial charge in [0.2, 0.25) is 0 Å². The first-order valence-corrected chi connectivity index (χ1v) is 5.51. The van der Waals surface area contributed by atoms with Gasteiger partial charge in [0.1, 0.15) is 0 Å². The Morgan fingerprint density at radius 3 is 2.58 bits per heavy atom. The summed E-state index contributed by atoms with van der Waals surface area (Å²) in [5.41, 5.74) is 0.460. The number of rotatable bonds is 6. The van der Waals surface area contributed by atoms with Gasteiger partial charge in [-0.25, -0.2) is 0 Å². The average Bonchev–Trinajstić information content (AvgIpc) is 2.82. The van der Waals surface area contributed by atoms with E-state index in [4.69, 9.17) is 9.47 Å². The van der Waals surface area contributed by atoms with Gasteiger partial charge in [-0.15, -0.1) is 0 Å². The highest BCUT2D eigenvalue weighted by molar-refractivity contribution is 9.09. The van der Waals surface area contributed by atoms with E-state index in [1.54, 1.807) is 7.11 Å². The van der Waals surface area contributed by atoms with Crippen LogP contribution in [0, 0.1) is 5.41 Å². The highest BCUT2D eigenvalue weighted by atomic mass is 79.9. The lowest BCUT2D eigenvalue weighted by atomic mass is 10.2. The van der Waals surface area contributed by atoms with Crippen molar-refractivity contribution in [2.24, 2.45) is 5.41 Å². The van der Waals surface area contributed by atoms with Gasteiger partial charge in [0.05, 0.1) is 19.3 Å². The first kappa shape index (κ1) is 10.5. The molecule has 0 radical (unpaired) electrons. The summed E-state index contributed by atoms with van der Waals surface area (Å²) < 4.78 is 10.6. The highest BCUT2D eigenvalue weighted by Gasteiger charge is 2.41. The largest absolute Gasteiger partial charge is 0.382 e. The predicted molar refractivity (Wildman–Crippen MR) is 52.8 cm³/mol. The normalized spacial score (nSPS) is 22.2. The zero-order chi connectivity index (χ0) is 9.03. The highest BCUT2D eigenvalue weighted by Crippen LogP contribution is 2.47. The van der Waals surface area contributed by atoms with Crippen molar-refractivity contribution < 1.29 is 9.47 Å². The third-order valence-electron chi connectivity index (χ3n) is 2.32. The van der Waals surface area contributed by atoms with Crippen LogP contribution in [-0.4, -0.2) is 31.8 Å². The third kappa shape index (κ3) is 3.04. The first-order valence-electron chi connectivity index (χ1n) is 4.39. The molecule has 0 saturated heterocycles. The molecular formula is C9H17BrO2.